The van der Waals surface area contributed by atoms with Crippen molar-refractivity contribution < 1.29 is 23.5 Å². The summed E-state index contributed by atoms with van der Waals surface area (Å²) in [5.74, 6) is -2.17. The molecule has 0 bridgehead atoms. The summed E-state index contributed by atoms with van der Waals surface area (Å²) in [6, 6.07) is 4.35. The fourth-order valence-electron chi connectivity index (χ4n) is 1.71. The number of ether oxygens (including phenoxy) is 2. The summed E-state index contributed by atoms with van der Waals surface area (Å²) >= 11 is 0. The number of hydrogen-bond donors (Lipinski definition) is 0. The fourth-order valence-corrected chi connectivity index (χ4v) is 1.71. The van der Waals surface area contributed by atoms with Crippen molar-refractivity contribution >= 4 is 11.8 Å². The highest BCUT2D eigenvalue weighted by molar-refractivity contribution is 5.98. The molecule has 0 heterocycles. The predicted octanol–water partition coefficient (Wildman–Crippen LogP) is 2.15. The van der Waals surface area contributed by atoms with Gasteiger partial charge in [0, 0.05) is 0 Å². The van der Waals surface area contributed by atoms with Crippen LogP contribution in [0.25, 0.3) is 0 Å². The van der Waals surface area contributed by atoms with E-state index in [-0.39, 0.29) is 24.6 Å². The zero-order chi connectivity index (χ0) is 14.4. The molecule has 0 amide bonds. The van der Waals surface area contributed by atoms with E-state index in [9.17, 15) is 14.0 Å². The molecule has 0 spiro atoms. The van der Waals surface area contributed by atoms with E-state index in [1.54, 1.807) is 13.0 Å². The van der Waals surface area contributed by atoms with Gasteiger partial charge in [-0.2, -0.15) is 0 Å². The highest BCUT2D eigenvalue weighted by Gasteiger charge is 2.25. The van der Waals surface area contributed by atoms with Crippen molar-refractivity contribution in [2.24, 2.45) is 5.92 Å². The Morgan fingerprint density at radius 1 is 1.37 bits per heavy atom. The van der Waals surface area contributed by atoms with Crippen molar-refractivity contribution in [1.29, 1.82) is 0 Å². The van der Waals surface area contributed by atoms with E-state index in [1.165, 1.54) is 26.2 Å². The van der Waals surface area contributed by atoms with Crippen LogP contribution >= 0.6 is 0 Å². The largest absolute Gasteiger partial charge is 0.494 e. The second kappa shape index (κ2) is 6.87. The second-order valence-corrected chi connectivity index (χ2v) is 4.09. The molecular weight excluding hydrogens is 251 g/mol. The standard InChI is InChI=1S/C14H17FO4/c1-4-19-14(17)11(9(2)16)7-10-5-6-13(18-3)12(15)8-10/h5-6,8,11H,4,7H2,1-3H3. The lowest BCUT2D eigenvalue weighted by Gasteiger charge is -2.13. The Balaban J connectivity index is 2.88. The lowest BCUT2D eigenvalue weighted by molar-refractivity contribution is -0.151. The monoisotopic (exact) mass is 268 g/mol. The smallest absolute Gasteiger partial charge is 0.316 e. The average molecular weight is 268 g/mol. The highest BCUT2D eigenvalue weighted by atomic mass is 19.1. The molecule has 1 aromatic rings. The van der Waals surface area contributed by atoms with Gasteiger partial charge in [-0.3, -0.25) is 9.59 Å². The van der Waals surface area contributed by atoms with Crippen molar-refractivity contribution in [2.75, 3.05) is 13.7 Å². The number of rotatable bonds is 6. The van der Waals surface area contributed by atoms with Gasteiger partial charge < -0.3 is 9.47 Å². The number of ketones is 1. The fraction of sp³-hybridized carbons (Fsp3) is 0.429. The van der Waals surface area contributed by atoms with E-state index < -0.39 is 17.7 Å². The van der Waals surface area contributed by atoms with Gasteiger partial charge >= 0.3 is 5.97 Å². The molecule has 1 unspecified atom stereocenters. The topological polar surface area (TPSA) is 52.6 Å². The molecule has 1 aromatic carbocycles. The summed E-state index contributed by atoms with van der Waals surface area (Å²) in [5, 5.41) is 0. The summed E-state index contributed by atoms with van der Waals surface area (Å²) in [6.07, 6.45) is 0.120. The van der Waals surface area contributed by atoms with Crippen LogP contribution in [0.2, 0.25) is 0 Å². The van der Waals surface area contributed by atoms with Crippen LogP contribution < -0.4 is 4.74 Å². The Kier molecular flexibility index (Phi) is 5.48. The Morgan fingerprint density at radius 2 is 2.05 bits per heavy atom. The van der Waals surface area contributed by atoms with Crippen LogP contribution in [0.3, 0.4) is 0 Å². The molecule has 0 saturated heterocycles. The quantitative estimate of drug-likeness (QED) is 0.586. The molecule has 5 heteroatoms. The number of carbonyl (C=O) groups excluding carboxylic acids is 2. The number of hydrogen-bond acceptors (Lipinski definition) is 4. The van der Waals surface area contributed by atoms with Gasteiger partial charge in [0.05, 0.1) is 13.7 Å². The van der Waals surface area contributed by atoms with Gasteiger partial charge in [-0.25, -0.2) is 4.39 Å². The first-order valence-electron chi connectivity index (χ1n) is 5.99. The van der Waals surface area contributed by atoms with E-state index in [4.69, 9.17) is 9.47 Å². The average Bonchev–Trinajstić information content (AvgIpc) is 2.36. The Bertz CT molecular complexity index is 471. The van der Waals surface area contributed by atoms with Gasteiger partial charge in [0.1, 0.15) is 11.7 Å². The first-order valence-corrected chi connectivity index (χ1v) is 5.99. The van der Waals surface area contributed by atoms with E-state index in [2.05, 4.69) is 0 Å². The number of benzene rings is 1. The van der Waals surface area contributed by atoms with Crippen molar-refractivity contribution in [1.82, 2.24) is 0 Å². The first-order chi connectivity index (χ1) is 8.99. The molecule has 4 nitrogen and oxygen atoms in total. The van der Waals surface area contributed by atoms with Crippen molar-refractivity contribution in [3.63, 3.8) is 0 Å². The van der Waals surface area contributed by atoms with Gasteiger partial charge in [-0.1, -0.05) is 6.07 Å². The molecule has 1 rings (SSSR count). The Labute approximate surface area is 111 Å². The maximum atomic E-state index is 13.5. The molecule has 0 aliphatic rings. The molecule has 1 atom stereocenters. The van der Waals surface area contributed by atoms with Crippen LogP contribution in [0.5, 0.6) is 5.75 Å². The third-order valence-corrected chi connectivity index (χ3v) is 2.72. The van der Waals surface area contributed by atoms with Gasteiger partial charge in [0.15, 0.2) is 11.6 Å². The van der Waals surface area contributed by atoms with Gasteiger partial charge in [-0.05, 0) is 38.0 Å². The molecule has 19 heavy (non-hydrogen) atoms. The van der Waals surface area contributed by atoms with Crippen LogP contribution in [-0.2, 0) is 20.7 Å². The molecule has 0 radical (unpaired) electrons. The molecule has 0 N–H and O–H groups in total. The second-order valence-electron chi connectivity index (χ2n) is 4.09. The van der Waals surface area contributed by atoms with E-state index in [0.29, 0.717) is 5.56 Å². The number of carbonyl (C=O) groups is 2. The zero-order valence-corrected chi connectivity index (χ0v) is 11.2. The van der Waals surface area contributed by atoms with E-state index in [0.717, 1.165) is 0 Å². The van der Waals surface area contributed by atoms with Crippen LogP contribution in [0, 0.1) is 11.7 Å². The van der Waals surface area contributed by atoms with Crippen LogP contribution in [0.4, 0.5) is 4.39 Å². The summed E-state index contributed by atoms with van der Waals surface area (Å²) < 4.78 is 23.2. The van der Waals surface area contributed by atoms with Gasteiger partial charge in [0.2, 0.25) is 0 Å². The summed E-state index contributed by atoms with van der Waals surface area (Å²) in [4.78, 5) is 23.1. The normalized spacial score (nSPS) is 11.8. The Hall–Kier alpha value is -1.91. The van der Waals surface area contributed by atoms with Gasteiger partial charge in [-0.15, -0.1) is 0 Å². The summed E-state index contributed by atoms with van der Waals surface area (Å²) in [6.45, 7) is 3.20. The third kappa shape index (κ3) is 4.05. The minimum absolute atomic E-state index is 0.120. The van der Waals surface area contributed by atoms with Gasteiger partial charge in [0.25, 0.3) is 0 Å². The zero-order valence-electron chi connectivity index (χ0n) is 11.2. The lowest BCUT2D eigenvalue weighted by Crippen LogP contribution is -2.26. The molecule has 0 saturated carbocycles. The summed E-state index contributed by atoms with van der Waals surface area (Å²) in [7, 11) is 1.37. The number of methoxy groups -OCH3 is 1. The minimum atomic E-state index is -0.896. The number of Topliss-reactive ketones (excluding diaryl/α,β-unsaturated/α-hetero) is 1. The minimum Gasteiger partial charge on any atom is -0.494 e. The molecule has 0 aromatic heterocycles. The molecule has 104 valence electrons. The molecular formula is C14H17FO4. The van der Waals surface area contributed by atoms with E-state index >= 15 is 0 Å². The van der Waals surface area contributed by atoms with Crippen LogP contribution in [0.15, 0.2) is 18.2 Å². The van der Waals surface area contributed by atoms with E-state index in [1.807, 2.05) is 0 Å². The number of esters is 1. The summed E-state index contributed by atoms with van der Waals surface area (Å²) in [5.41, 5.74) is 0.548. The molecule has 0 aliphatic carbocycles. The first kappa shape index (κ1) is 15.1. The molecule has 0 fully saturated rings. The number of halogens is 1. The maximum absolute atomic E-state index is 13.5. The molecule has 0 aliphatic heterocycles. The van der Waals surface area contributed by atoms with Crippen LogP contribution in [0.1, 0.15) is 19.4 Å². The SMILES string of the molecule is CCOC(=O)C(Cc1ccc(OC)c(F)c1)C(C)=O. The third-order valence-electron chi connectivity index (χ3n) is 2.72. The van der Waals surface area contributed by atoms with Crippen molar-refractivity contribution in [3.05, 3.63) is 29.6 Å². The predicted molar refractivity (Wildman–Crippen MR) is 67.5 cm³/mol. The van der Waals surface area contributed by atoms with Crippen molar-refractivity contribution in [3.8, 4) is 5.75 Å². The lowest BCUT2D eigenvalue weighted by atomic mass is 9.96. The van der Waals surface area contributed by atoms with Crippen LogP contribution in [-0.4, -0.2) is 25.5 Å². The maximum Gasteiger partial charge on any atom is 0.316 e. The van der Waals surface area contributed by atoms with Crippen molar-refractivity contribution in [2.45, 2.75) is 20.3 Å². The Morgan fingerprint density at radius 3 is 2.53 bits per heavy atom. The highest BCUT2D eigenvalue weighted by Crippen LogP contribution is 2.20.